The minimum Gasteiger partial charge on any atom is -0.485 e. The van der Waals surface area contributed by atoms with Crippen molar-refractivity contribution in [1.82, 2.24) is 24.5 Å². The smallest absolute Gasteiger partial charge is 0.277 e. The van der Waals surface area contributed by atoms with Gasteiger partial charge in [-0.05, 0) is 58.4 Å². The second kappa shape index (κ2) is 9.97. The Bertz CT molecular complexity index is 1510. The van der Waals surface area contributed by atoms with Crippen LogP contribution < -0.4 is 10.3 Å². The van der Waals surface area contributed by atoms with Crippen molar-refractivity contribution >= 4 is 23.2 Å². The Kier molecular flexibility index (Phi) is 7.13. The zero-order valence-electron chi connectivity index (χ0n) is 20.5. The van der Waals surface area contributed by atoms with Gasteiger partial charge in [0.1, 0.15) is 23.0 Å². The molecular formula is C26H25Cl2N5O3. The quantitative estimate of drug-likeness (QED) is 0.372. The van der Waals surface area contributed by atoms with E-state index in [0.29, 0.717) is 22.8 Å². The molecule has 0 spiro atoms. The molecule has 0 saturated heterocycles. The van der Waals surface area contributed by atoms with E-state index in [-0.39, 0.29) is 28.2 Å². The largest absolute Gasteiger partial charge is 0.485 e. The Labute approximate surface area is 218 Å². The van der Waals surface area contributed by atoms with Crippen LogP contribution in [0.4, 0.5) is 0 Å². The summed E-state index contributed by atoms with van der Waals surface area (Å²) < 4.78 is 7.22. The summed E-state index contributed by atoms with van der Waals surface area (Å²) in [6.45, 7) is 8.86. The van der Waals surface area contributed by atoms with E-state index in [1.54, 1.807) is 39.1 Å². The number of aromatic nitrogens is 5. The van der Waals surface area contributed by atoms with Crippen molar-refractivity contribution in [3.63, 3.8) is 0 Å². The van der Waals surface area contributed by atoms with Crippen LogP contribution in [0.2, 0.25) is 10.0 Å². The zero-order chi connectivity index (χ0) is 26.2. The van der Waals surface area contributed by atoms with Crippen molar-refractivity contribution in [3.05, 3.63) is 91.6 Å². The molecule has 0 aliphatic heterocycles. The minimum absolute atomic E-state index is 0.0785. The van der Waals surface area contributed by atoms with Gasteiger partial charge in [0.15, 0.2) is 5.82 Å². The maximum absolute atomic E-state index is 13.3. The van der Waals surface area contributed by atoms with Gasteiger partial charge in [0.05, 0.1) is 27.8 Å². The van der Waals surface area contributed by atoms with Gasteiger partial charge in [-0.25, -0.2) is 9.97 Å². The number of aliphatic hydroxyl groups is 1. The lowest BCUT2D eigenvalue weighted by Crippen LogP contribution is -2.22. The Morgan fingerprint density at radius 1 is 1.06 bits per heavy atom. The van der Waals surface area contributed by atoms with Gasteiger partial charge in [-0.3, -0.25) is 19.3 Å². The van der Waals surface area contributed by atoms with Gasteiger partial charge in [-0.1, -0.05) is 29.3 Å². The average Bonchev–Trinajstić information content (AvgIpc) is 2.81. The van der Waals surface area contributed by atoms with Gasteiger partial charge in [0.25, 0.3) is 5.56 Å². The Morgan fingerprint density at radius 3 is 2.50 bits per heavy atom. The molecule has 10 heteroatoms. The zero-order valence-corrected chi connectivity index (χ0v) is 22.0. The van der Waals surface area contributed by atoms with Crippen LogP contribution in [0.25, 0.3) is 17.1 Å². The highest BCUT2D eigenvalue weighted by Gasteiger charge is 2.22. The molecule has 1 N–H and O–H groups in total. The number of rotatable bonds is 6. The second-order valence-corrected chi connectivity index (χ2v) is 9.75. The van der Waals surface area contributed by atoms with Gasteiger partial charge in [-0.2, -0.15) is 0 Å². The van der Waals surface area contributed by atoms with E-state index in [4.69, 9.17) is 27.9 Å². The van der Waals surface area contributed by atoms with Gasteiger partial charge in [0.2, 0.25) is 0 Å². The number of hydrogen-bond acceptors (Lipinski definition) is 7. The number of halogens is 2. The molecule has 4 aromatic rings. The summed E-state index contributed by atoms with van der Waals surface area (Å²) in [7, 11) is 0. The summed E-state index contributed by atoms with van der Waals surface area (Å²) in [5.74, 6) is 0.507. The van der Waals surface area contributed by atoms with E-state index in [0.717, 1.165) is 17.0 Å². The molecule has 0 aliphatic rings. The Morgan fingerprint density at radius 2 is 1.81 bits per heavy atom. The summed E-state index contributed by atoms with van der Waals surface area (Å²) in [6.07, 6.45) is 3.07. The predicted octanol–water partition coefficient (Wildman–Crippen LogP) is 5.12. The van der Waals surface area contributed by atoms with Crippen LogP contribution >= 0.6 is 23.2 Å². The number of pyridine rings is 3. The topological polar surface area (TPSA) is 103 Å². The third-order valence-electron chi connectivity index (χ3n) is 5.46. The number of ether oxygens (including phenoxy) is 1. The molecule has 0 unspecified atom stereocenters. The van der Waals surface area contributed by atoms with Crippen LogP contribution in [0, 0.1) is 20.8 Å². The highest BCUT2D eigenvalue weighted by molar-refractivity contribution is 6.33. The van der Waals surface area contributed by atoms with Crippen molar-refractivity contribution in [1.29, 1.82) is 0 Å². The average molecular weight is 526 g/mol. The highest BCUT2D eigenvalue weighted by Crippen LogP contribution is 2.30. The molecule has 4 aromatic heterocycles. The molecule has 0 amide bonds. The first-order valence-electron chi connectivity index (χ1n) is 11.2. The van der Waals surface area contributed by atoms with E-state index in [2.05, 4.69) is 19.9 Å². The van der Waals surface area contributed by atoms with E-state index in [9.17, 15) is 9.90 Å². The first kappa shape index (κ1) is 25.8. The SMILES string of the molecule is Cc1cccc(COc2cc(C)n(-c3cc(-c4nc(C(C)(C)O)ncc4C)ncc3Cl)c(=O)c2Cl)n1. The van der Waals surface area contributed by atoms with E-state index in [1.165, 1.54) is 10.8 Å². The van der Waals surface area contributed by atoms with Gasteiger partial charge < -0.3 is 9.84 Å². The number of aryl methyl sites for hydroxylation is 3. The van der Waals surface area contributed by atoms with Crippen molar-refractivity contribution in [2.75, 3.05) is 0 Å². The van der Waals surface area contributed by atoms with Crippen molar-refractivity contribution in [3.8, 4) is 22.8 Å². The molecule has 4 heterocycles. The molecule has 186 valence electrons. The van der Waals surface area contributed by atoms with Crippen molar-refractivity contribution in [2.24, 2.45) is 0 Å². The fraction of sp³-hybridized carbons (Fsp3) is 0.269. The maximum atomic E-state index is 13.3. The van der Waals surface area contributed by atoms with Crippen LogP contribution in [0.15, 0.2) is 47.5 Å². The first-order valence-corrected chi connectivity index (χ1v) is 11.9. The lowest BCUT2D eigenvalue weighted by molar-refractivity contribution is 0.0688. The third-order valence-corrected chi connectivity index (χ3v) is 6.10. The van der Waals surface area contributed by atoms with Gasteiger partial charge in [0, 0.05) is 29.8 Å². The molecule has 0 fully saturated rings. The fourth-order valence-corrected chi connectivity index (χ4v) is 4.02. The molecule has 0 bridgehead atoms. The summed E-state index contributed by atoms with van der Waals surface area (Å²) >= 11 is 12.9. The molecular weight excluding hydrogens is 501 g/mol. The highest BCUT2D eigenvalue weighted by atomic mass is 35.5. The molecule has 0 radical (unpaired) electrons. The number of nitrogens with zero attached hydrogens (tertiary/aromatic N) is 5. The van der Waals surface area contributed by atoms with E-state index in [1.807, 2.05) is 32.0 Å². The van der Waals surface area contributed by atoms with Crippen LogP contribution in [0.3, 0.4) is 0 Å². The monoisotopic (exact) mass is 525 g/mol. The Hall–Kier alpha value is -3.33. The van der Waals surface area contributed by atoms with Gasteiger partial charge >= 0.3 is 0 Å². The van der Waals surface area contributed by atoms with Crippen molar-refractivity contribution < 1.29 is 9.84 Å². The molecule has 4 rings (SSSR count). The molecule has 0 aliphatic carbocycles. The van der Waals surface area contributed by atoms with Crippen LogP contribution in [0.1, 0.15) is 42.3 Å². The molecule has 0 saturated carbocycles. The summed E-state index contributed by atoms with van der Waals surface area (Å²) in [5.41, 5.74) is 2.55. The summed E-state index contributed by atoms with van der Waals surface area (Å²) in [4.78, 5) is 30.9. The molecule has 0 atom stereocenters. The first-order chi connectivity index (χ1) is 17.0. The van der Waals surface area contributed by atoms with E-state index < -0.39 is 11.2 Å². The molecule has 0 aromatic carbocycles. The fourth-order valence-electron chi connectivity index (χ4n) is 3.64. The summed E-state index contributed by atoms with van der Waals surface area (Å²) in [6, 6.07) is 8.96. The maximum Gasteiger partial charge on any atom is 0.277 e. The third kappa shape index (κ3) is 5.26. The van der Waals surface area contributed by atoms with Crippen LogP contribution in [-0.4, -0.2) is 29.6 Å². The lowest BCUT2D eigenvalue weighted by Gasteiger charge is -2.18. The van der Waals surface area contributed by atoms with E-state index >= 15 is 0 Å². The molecule has 8 nitrogen and oxygen atoms in total. The minimum atomic E-state index is -1.23. The normalized spacial score (nSPS) is 11.6. The lowest BCUT2D eigenvalue weighted by atomic mass is 10.1. The predicted molar refractivity (Wildman–Crippen MR) is 139 cm³/mol. The standard InChI is InChI=1S/C26H25Cl2N5O3/c1-14-11-30-25(26(4,5)35)32-23(14)19-10-20(18(27)12-29-19)33-16(3)9-21(22(28)24(33)34)36-13-17-8-6-7-15(2)31-17/h6-12,35H,13H2,1-5H3. The Balaban J connectivity index is 1.75. The van der Waals surface area contributed by atoms with Gasteiger partial charge in [-0.15, -0.1) is 0 Å². The second-order valence-electron chi connectivity index (χ2n) is 8.97. The number of hydrogen-bond donors (Lipinski definition) is 1. The van der Waals surface area contributed by atoms with Crippen molar-refractivity contribution in [2.45, 2.75) is 46.8 Å². The summed E-state index contributed by atoms with van der Waals surface area (Å²) in [5, 5.41) is 10.5. The van der Waals surface area contributed by atoms with Crippen LogP contribution in [0.5, 0.6) is 5.75 Å². The molecule has 36 heavy (non-hydrogen) atoms. The van der Waals surface area contributed by atoms with Crippen LogP contribution in [-0.2, 0) is 12.2 Å².